The molecule has 2 rings (SSSR count). The molecule has 0 spiro atoms. The van der Waals surface area contributed by atoms with Crippen molar-refractivity contribution in [1.82, 2.24) is 4.98 Å². The van der Waals surface area contributed by atoms with E-state index in [2.05, 4.69) is 4.98 Å². The van der Waals surface area contributed by atoms with E-state index in [0.717, 1.165) is 5.56 Å². The molecule has 0 aliphatic carbocycles. The minimum absolute atomic E-state index is 0.319. The summed E-state index contributed by atoms with van der Waals surface area (Å²) in [5.74, 6) is 1.12. The molecule has 1 heterocycles. The maximum Gasteiger partial charge on any atom is 0.219 e. The monoisotopic (exact) mass is 274 g/mol. The number of methoxy groups -OCH3 is 1. The molecule has 1 aromatic heterocycles. The third-order valence-corrected chi connectivity index (χ3v) is 2.81. The Bertz CT molecular complexity index is 623. The number of pyridine rings is 1. The maximum absolute atomic E-state index is 8.79. The SMILES string of the molecule is COc1ncccc1COc1ccc(C#N)c(Cl)c1. The third kappa shape index (κ3) is 3.15. The van der Waals surface area contributed by atoms with E-state index in [1.54, 1.807) is 31.5 Å². The van der Waals surface area contributed by atoms with Crippen molar-refractivity contribution in [2.75, 3.05) is 7.11 Å². The molecule has 4 nitrogen and oxygen atoms in total. The van der Waals surface area contributed by atoms with Crippen molar-refractivity contribution in [2.45, 2.75) is 6.61 Å². The van der Waals surface area contributed by atoms with Gasteiger partial charge in [0.05, 0.1) is 23.3 Å². The Morgan fingerprint density at radius 3 is 2.89 bits per heavy atom. The summed E-state index contributed by atoms with van der Waals surface area (Å²) < 4.78 is 10.7. The summed E-state index contributed by atoms with van der Waals surface area (Å²) in [4.78, 5) is 4.08. The quantitative estimate of drug-likeness (QED) is 0.859. The number of rotatable bonds is 4. The van der Waals surface area contributed by atoms with Gasteiger partial charge in [-0.25, -0.2) is 4.98 Å². The molecule has 0 saturated heterocycles. The summed E-state index contributed by atoms with van der Waals surface area (Å²) in [6.07, 6.45) is 1.65. The van der Waals surface area contributed by atoms with E-state index in [9.17, 15) is 0 Å². The lowest BCUT2D eigenvalue weighted by Gasteiger charge is -2.09. The maximum atomic E-state index is 8.79. The standard InChI is InChI=1S/C14H11ClN2O2/c1-18-14-11(3-2-6-17-14)9-19-12-5-4-10(8-16)13(15)7-12/h2-7H,9H2,1H3. The topological polar surface area (TPSA) is 55.1 Å². The lowest BCUT2D eigenvalue weighted by atomic mass is 10.2. The second kappa shape index (κ2) is 6.07. The van der Waals surface area contributed by atoms with Crippen molar-refractivity contribution < 1.29 is 9.47 Å². The molecule has 0 fully saturated rings. The summed E-state index contributed by atoms with van der Waals surface area (Å²) in [7, 11) is 1.56. The van der Waals surface area contributed by atoms with Crippen molar-refractivity contribution in [1.29, 1.82) is 5.26 Å². The van der Waals surface area contributed by atoms with Crippen LogP contribution < -0.4 is 9.47 Å². The first-order valence-corrected chi connectivity index (χ1v) is 5.92. The molecule has 1 aromatic carbocycles. The summed E-state index contributed by atoms with van der Waals surface area (Å²) in [6.45, 7) is 0.319. The number of nitriles is 1. The first-order chi connectivity index (χ1) is 9.24. The number of hydrogen-bond acceptors (Lipinski definition) is 4. The Morgan fingerprint density at radius 1 is 1.37 bits per heavy atom. The van der Waals surface area contributed by atoms with Crippen molar-refractivity contribution >= 4 is 11.6 Å². The van der Waals surface area contributed by atoms with E-state index >= 15 is 0 Å². The lowest BCUT2D eigenvalue weighted by Crippen LogP contribution is -2.00. The number of aromatic nitrogens is 1. The molecule has 0 unspecified atom stereocenters. The highest BCUT2D eigenvalue weighted by molar-refractivity contribution is 6.31. The molecule has 5 heteroatoms. The van der Waals surface area contributed by atoms with Crippen LogP contribution in [0.2, 0.25) is 5.02 Å². The van der Waals surface area contributed by atoms with Gasteiger partial charge in [-0.05, 0) is 24.3 Å². The number of hydrogen-bond donors (Lipinski definition) is 0. The molecule has 2 aromatic rings. The average molecular weight is 275 g/mol. The summed E-state index contributed by atoms with van der Waals surface area (Å²) in [5.41, 5.74) is 1.26. The molecular formula is C14H11ClN2O2. The second-order valence-electron chi connectivity index (χ2n) is 3.71. The number of ether oxygens (including phenoxy) is 2. The Kier molecular flexibility index (Phi) is 4.22. The van der Waals surface area contributed by atoms with E-state index in [1.807, 2.05) is 18.2 Å². The fraction of sp³-hybridized carbons (Fsp3) is 0.143. The largest absolute Gasteiger partial charge is 0.489 e. The van der Waals surface area contributed by atoms with Crippen LogP contribution in [0, 0.1) is 11.3 Å². The normalized spacial score (nSPS) is 9.74. The van der Waals surface area contributed by atoms with Crippen molar-refractivity contribution in [3.8, 4) is 17.7 Å². The third-order valence-electron chi connectivity index (χ3n) is 2.50. The lowest BCUT2D eigenvalue weighted by molar-refractivity contribution is 0.294. The Morgan fingerprint density at radius 2 is 2.21 bits per heavy atom. The number of halogens is 1. The number of benzene rings is 1. The average Bonchev–Trinajstić information content (AvgIpc) is 2.45. The van der Waals surface area contributed by atoms with E-state index in [0.29, 0.717) is 28.8 Å². The smallest absolute Gasteiger partial charge is 0.219 e. The summed E-state index contributed by atoms with van der Waals surface area (Å²) in [5, 5.41) is 9.16. The molecule has 0 amide bonds. The fourth-order valence-electron chi connectivity index (χ4n) is 1.56. The Labute approximate surface area is 116 Å². The fourth-order valence-corrected chi connectivity index (χ4v) is 1.77. The number of nitrogens with zero attached hydrogens (tertiary/aromatic N) is 2. The van der Waals surface area contributed by atoms with Gasteiger partial charge in [-0.1, -0.05) is 11.6 Å². The van der Waals surface area contributed by atoms with Gasteiger partial charge in [0.15, 0.2) is 0 Å². The first-order valence-electron chi connectivity index (χ1n) is 5.55. The van der Waals surface area contributed by atoms with Crippen LogP contribution in [-0.2, 0) is 6.61 Å². The minimum atomic E-state index is 0.319. The predicted molar refractivity (Wildman–Crippen MR) is 71.3 cm³/mol. The molecular weight excluding hydrogens is 264 g/mol. The highest BCUT2D eigenvalue weighted by Crippen LogP contribution is 2.23. The van der Waals surface area contributed by atoms with Gasteiger partial charge < -0.3 is 9.47 Å². The highest BCUT2D eigenvalue weighted by Gasteiger charge is 2.06. The molecule has 0 radical (unpaired) electrons. The highest BCUT2D eigenvalue weighted by atomic mass is 35.5. The van der Waals surface area contributed by atoms with Crippen molar-refractivity contribution in [2.24, 2.45) is 0 Å². The molecule has 19 heavy (non-hydrogen) atoms. The molecule has 96 valence electrons. The van der Waals surface area contributed by atoms with E-state index in [1.165, 1.54) is 0 Å². The van der Waals surface area contributed by atoms with Crippen LogP contribution in [0.1, 0.15) is 11.1 Å². The van der Waals surface area contributed by atoms with Gasteiger partial charge in [-0.3, -0.25) is 0 Å². The van der Waals surface area contributed by atoms with Crippen LogP contribution in [0.25, 0.3) is 0 Å². The van der Waals surface area contributed by atoms with Crippen LogP contribution in [-0.4, -0.2) is 12.1 Å². The summed E-state index contributed by atoms with van der Waals surface area (Å²) in [6, 6.07) is 10.6. The van der Waals surface area contributed by atoms with Gasteiger partial charge in [-0.2, -0.15) is 5.26 Å². The van der Waals surface area contributed by atoms with Crippen LogP contribution >= 0.6 is 11.6 Å². The molecule has 0 atom stereocenters. The van der Waals surface area contributed by atoms with Crippen LogP contribution in [0.3, 0.4) is 0 Å². The molecule has 0 N–H and O–H groups in total. The van der Waals surface area contributed by atoms with Crippen molar-refractivity contribution in [3.63, 3.8) is 0 Å². The second-order valence-corrected chi connectivity index (χ2v) is 4.12. The van der Waals surface area contributed by atoms with E-state index in [4.69, 9.17) is 26.3 Å². The molecule has 0 bridgehead atoms. The van der Waals surface area contributed by atoms with E-state index in [-0.39, 0.29) is 0 Å². The van der Waals surface area contributed by atoms with Gasteiger partial charge in [-0.15, -0.1) is 0 Å². The van der Waals surface area contributed by atoms with Gasteiger partial charge in [0, 0.05) is 12.3 Å². The minimum Gasteiger partial charge on any atom is -0.489 e. The van der Waals surface area contributed by atoms with Gasteiger partial charge in [0.1, 0.15) is 18.4 Å². The molecule has 0 aliphatic heterocycles. The zero-order valence-electron chi connectivity index (χ0n) is 10.3. The van der Waals surface area contributed by atoms with Crippen LogP contribution in [0.4, 0.5) is 0 Å². The molecule has 0 aliphatic rings. The van der Waals surface area contributed by atoms with Gasteiger partial charge >= 0.3 is 0 Å². The van der Waals surface area contributed by atoms with E-state index < -0.39 is 0 Å². The van der Waals surface area contributed by atoms with Gasteiger partial charge in [0.2, 0.25) is 5.88 Å². The summed E-state index contributed by atoms with van der Waals surface area (Å²) >= 11 is 5.93. The zero-order valence-corrected chi connectivity index (χ0v) is 11.0. The van der Waals surface area contributed by atoms with Crippen molar-refractivity contribution in [3.05, 3.63) is 52.7 Å². The molecule has 0 saturated carbocycles. The Balaban J connectivity index is 2.11. The van der Waals surface area contributed by atoms with Crippen LogP contribution in [0.5, 0.6) is 11.6 Å². The van der Waals surface area contributed by atoms with Crippen LogP contribution in [0.15, 0.2) is 36.5 Å². The Hall–Kier alpha value is -2.25. The van der Waals surface area contributed by atoms with Gasteiger partial charge in [0.25, 0.3) is 0 Å². The zero-order chi connectivity index (χ0) is 13.7. The first kappa shape index (κ1) is 13.2. The predicted octanol–water partition coefficient (Wildman–Crippen LogP) is 3.19.